The number of aliphatic hydroxyl groups excluding tert-OH is 1. The van der Waals surface area contributed by atoms with Crippen molar-refractivity contribution in [1.29, 1.82) is 0 Å². The molecule has 8 heteroatoms. The summed E-state index contributed by atoms with van der Waals surface area (Å²) in [7, 11) is -3.36. The van der Waals surface area contributed by atoms with Gasteiger partial charge in [0.25, 0.3) is 0 Å². The number of aliphatic hydroxyl groups is 1. The number of halogens is 1. The molecule has 17 heavy (non-hydrogen) atoms. The maximum atomic E-state index is 12.4. The van der Waals surface area contributed by atoms with Crippen LogP contribution in [0.1, 0.15) is 13.3 Å². The van der Waals surface area contributed by atoms with Crippen molar-refractivity contribution in [2.45, 2.75) is 13.3 Å². The van der Waals surface area contributed by atoms with E-state index in [0.29, 0.717) is 19.5 Å². The predicted molar refractivity (Wildman–Crippen MR) is 68.2 cm³/mol. The predicted octanol–water partition coefficient (Wildman–Crippen LogP) is 1.03. The zero-order valence-electron chi connectivity index (χ0n) is 10.2. The Hall–Kier alpha value is 0.320. The second kappa shape index (κ2) is 10.3. The summed E-state index contributed by atoms with van der Waals surface area (Å²) in [6.07, 6.45) is 0.602. The molecule has 0 aromatic heterocycles. The summed E-state index contributed by atoms with van der Waals surface area (Å²) in [5, 5.41) is 8.93. The Bertz CT molecular complexity index is 227. The van der Waals surface area contributed by atoms with E-state index in [1.165, 1.54) is 4.67 Å². The van der Waals surface area contributed by atoms with E-state index in [2.05, 4.69) is 0 Å². The van der Waals surface area contributed by atoms with E-state index < -0.39 is 7.75 Å². The molecule has 0 spiro atoms. The molecular weight excluding hydrogens is 267 g/mol. The monoisotopic (exact) mass is 288 g/mol. The molecule has 0 aliphatic carbocycles. The molecule has 0 amide bonds. The van der Waals surface area contributed by atoms with E-state index in [0.717, 1.165) is 0 Å². The third kappa shape index (κ3) is 6.72. The minimum atomic E-state index is -3.36. The number of rotatable bonds is 11. The van der Waals surface area contributed by atoms with Crippen molar-refractivity contribution < 1.29 is 18.7 Å². The highest BCUT2D eigenvalue weighted by Crippen LogP contribution is 2.51. The highest BCUT2D eigenvalue weighted by Gasteiger charge is 2.32. The lowest BCUT2D eigenvalue weighted by atomic mass is 10.5. The van der Waals surface area contributed by atoms with Gasteiger partial charge in [-0.2, -0.15) is 0 Å². The molecule has 0 radical (unpaired) electrons. The maximum absolute atomic E-state index is 12.4. The fourth-order valence-corrected chi connectivity index (χ4v) is 3.29. The molecule has 0 heterocycles. The van der Waals surface area contributed by atoms with Crippen LogP contribution in [0.3, 0.4) is 0 Å². The summed E-state index contributed by atoms with van der Waals surface area (Å²) in [6, 6.07) is 0. The molecule has 0 aliphatic heterocycles. The SMILES string of the molecule is CCOP(=O)(OCCCN)N(CCO)CCCl. The first kappa shape index (κ1) is 17.3. The Morgan fingerprint density at radius 1 is 1.41 bits per heavy atom. The molecule has 1 unspecified atom stereocenters. The Labute approximate surface area is 108 Å². The van der Waals surface area contributed by atoms with Crippen LogP contribution in [0.4, 0.5) is 0 Å². The minimum absolute atomic E-state index is 0.131. The van der Waals surface area contributed by atoms with Gasteiger partial charge in [0.2, 0.25) is 0 Å². The molecule has 0 aromatic rings. The van der Waals surface area contributed by atoms with Gasteiger partial charge in [-0.25, -0.2) is 9.24 Å². The maximum Gasteiger partial charge on any atom is 0.408 e. The third-order valence-electron chi connectivity index (χ3n) is 1.94. The lowest BCUT2D eigenvalue weighted by Gasteiger charge is -2.28. The van der Waals surface area contributed by atoms with E-state index >= 15 is 0 Å². The van der Waals surface area contributed by atoms with Crippen LogP contribution < -0.4 is 5.73 Å². The van der Waals surface area contributed by atoms with Gasteiger partial charge in [0.05, 0.1) is 19.8 Å². The van der Waals surface area contributed by atoms with Gasteiger partial charge in [-0.3, -0.25) is 9.05 Å². The number of nitrogens with zero attached hydrogens (tertiary/aromatic N) is 1. The molecule has 0 bridgehead atoms. The average molecular weight is 289 g/mol. The molecule has 6 nitrogen and oxygen atoms in total. The zero-order chi connectivity index (χ0) is 13.1. The minimum Gasteiger partial charge on any atom is -0.395 e. The fourth-order valence-electron chi connectivity index (χ4n) is 1.20. The highest BCUT2D eigenvalue weighted by atomic mass is 35.5. The van der Waals surface area contributed by atoms with Gasteiger partial charge < -0.3 is 10.8 Å². The number of nitrogens with two attached hydrogens (primary N) is 1. The topological polar surface area (TPSA) is 85.0 Å². The van der Waals surface area contributed by atoms with Crippen molar-refractivity contribution in [1.82, 2.24) is 4.67 Å². The smallest absolute Gasteiger partial charge is 0.395 e. The van der Waals surface area contributed by atoms with Crippen LogP contribution >= 0.6 is 19.3 Å². The molecule has 0 aliphatic rings. The van der Waals surface area contributed by atoms with Crippen LogP contribution in [-0.4, -0.2) is 55.1 Å². The van der Waals surface area contributed by atoms with Crippen LogP contribution in [0.2, 0.25) is 0 Å². The van der Waals surface area contributed by atoms with Gasteiger partial charge in [-0.15, -0.1) is 11.6 Å². The summed E-state index contributed by atoms with van der Waals surface area (Å²) in [5.41, 5.74) is 5.34. The molecule has 3 N–H and O–H groups in total. The molecule has 0 rings (SSSR count). The normalized spacial score (nSPS) is 15.1. The van der Waals surface area contributed by atoms with Gasteiger partial charge >= 0.3 is 7.75 Å². The first-order valence-corrected chi connectivity index (χ1v) is 7.69. The van der Waals surface area contributed by atoms with E-state index in [1.807, 2.05) is 0 Å². The van der Waals surface area contributed by atoms with Gasteiger partial charge in [0, 0.05) is 19.0 Å². The van der Waals surface area contributed by atoms with Gasteiger partial charge in [0.15, 0.2) is 0 Å². The Kier molecular flexibility index (Phi) is 10.5. The summed E-state index contributed by atoms with van der Waals surface area (Å²) in [5.74, 6) is 0.289. The first-order chi connectivity index (χ1) is 8.14. The number of hydrogen-bond donors (Lipinski definition) is 2. The van der Waals surface area contributed by atoms with Crippen LogP contribution in [0.15, 0.2) is 0 Å². The van der Waals surface area contributed by atoms with E-state index in [-0.39, 0.29) is 32.2 Å². The van der Waals surface area contributed by atoms with E-state index in [1.54, 1.807) is 6.92 Å². The number of hydrogen-bond acceptors (Lipinski definition) is 5. The third-order valence-corrected chi connectivity index (χ3v) is 4.30. The van der Waals surface area contributed by atoms with Crippen LogP contribution in [0, 0.1) is 0 Å². The zero-order valence-corrected chi connectivity index (χ0v) is 11.8. The van der Waals surface area contributed by atoms with Crippen molar-refractivity contribution in [2.24, 2.45) is 5.73 Å². The Morgan fingerprint density at radius 2 is 2.12 bits per heavy atom. The van der Waals surface area contributed by atoms with Crippen LogP contribution in [0.25, 0.3) is 0 Å². The molecular formula is C9H22ClN2O4P. The summed E-state index contributed by atoms with van der Waals surface area (Å²) in [4.78, 5) is 0. The second-order valence-corrected chi connectivity index (χ2v) is 5.63. The van der Waals surface area contributed by atoms with Gasteiger partial charge in [-0.05, 0) is 19.9 Å². The van der Waals surface area contributed by atoms with Crippen molar-refractivity contribution in [3.8, 4) is 0 Å². The fraction of sp³-hybridized carbons (Fsp3) is 1.00. The summed E-state index contributed by atoms with van der Waals surface area (Å²) in [6.45, 7) is 3.13. The van der Waals surface area contributed by atoms with Gasteiger partial charge in [-0.1, -0.05) is 0 Å². The van der Waals surface area contributed by atoms with E-state index in [9.17, 15) is 4.57 Å². The highest BCUT2D eigenvalue weighted by molar-refractivity contribution is 7.51. The van der Waals surface area contributed by atoms with Crippen molar-refractivity contribution in [2.75, 3.05) is 45.3 Å². The van der Waals surface area contributed by atoms with E-state index in [4.69, 9.17) is 31.5 Å². The first-order valence-electron chi connectivity index (χ1n) is 5.66. The van der Waals surface area contributed by atoms with Crippen LogP contribution in [0.5, 0.6) is 0 Å². The Balaban J connectivity index is 4.54. The molecule has 0 saturated carbocycles. The van der Waals surface area contributed by atoms with Crippen molar-refractivity contribution >= 4 is 19.3 Å². The van der Waals surface area contributed by atoms with Gasteiger partial charge in [0.1, 0.15) is 0 Å². The molecule has 0 saturated heterocycles. The largest absolute Gasteiger partial charge is 0.408 e. The molecule has 0 aromatic carbocycles. The number of alkyl halides is 1. The molecule has 0 fully saturated rings. The average Bonchev–Trinajstić information content (AvgIpc) is 2.29. The summed E-state index contributed by atoms with van der Waals surface area (Å²) < 4.78 is 24.4. The quantitative estimate of drug-likeness (QED) is 0.335. The van der Waals surface area contributed by atoms with Crippen molar-refractivity contribution in [3.05, 3.63) is 0 Å². The lowest BCUT2D eigenvalue weighted by molar-refractivity contribution is 0.150. The molecule has 104 valence electrons. The summed E-state index contributed by atoms with van der Waals surface area (Å²) >= 11 is 5.62. The second-order valence-electron chi connectivity index (χ2n) is 3.23. The Morgan fingerprint density at radius 3 is 2.59 bits per heavy atom. The van der Waals surface area contributed by atoms with Crippen molar-refractivity contribution in [3.63, 3.8) is 0 Å². The lowest BCUT2D eigenvalue weighted by Crippen LogP contribution is -2.28. The molecule has 1 atom stereocenters. The standard InChI is InChI=1S/C9H22ClN2O4P/c1-2-15-17(14,16-9-3-5-11)12(6-4-10)7-8-13/h13H,2-9,11H2,1H3. The van der Waals surface area contributed by atoms with Crippen LogP contribution in [-0.2, 0) is 13.6 Å².